The van der Waals surface area contributed by atoms with Gasteiger partial charge in [0.2, 0.25) is 10.0 Å². The second-order valence-corrected chi connectivity index (χ2v) is 7.77. The van der Waals surface area contributed by atoms with Crippen LogP contribution in [0.25, 0.3) is 0 Å². The Bertz CT molecular complexity index is 584. The number of rotatable bonds is 4. The molecule has 1 saturated heterocycles. The number of nitrogens with zero attached hydrogens (tertiary/aromatic N) is 2. The molecule has 0 atom stereocenters. The van der Waals surface area contributed by atoms with Crippen molar-refractivity contribution < 1.29 is 8.42 Å². The second kappa shape index (κ2) is 6.90. The molecule has 0 saturated carbocycles. The second-order valence-electron chi connectivity index (χ2n) is 5.87. The summed E-state index contributed by atoms with van der Waals surface area (Å²) >= 11 is 0. The summed E-state index contributed by atoms with van der Waals surface area (Å²) in [5, 5.41) is 0. The Morgan fingerprint density at radius 1 is 1.10 bits per heavy atom. The topological polar surface area (TPSA) is 40.6 Å². The van der Waals surface area contributed by atoms with E-state index in [0.717, 1.165) is 43.6 Å². The van der Waals surface area contributed by atoms with Crippen LogP contribution in [0.15, 0.2) is 23.1 Å². The fourth-order valence-electron chi connectivity index (χ4n) is 2.96. The smallest absolute Gasteiger partial charge is 0.243 e. The maximum absolute atomic E-state index is 12.8. The molecule has 1 aliphatic heterocycles. The van der Waals surface area contributed by atoms with Crippen molar-refractivity contribution in [2.24, 2.45) is 0 Å². The van der Waals surface area contributed by atoms with Gasteiger partial charge in [-0.15, -0.1) is 0 Å². The van der Waals surface area contributed by atoms with Gasteiger partial charge >= 0.3 is 0 Å². The van der Waals surface area contributed by atoms with Crippen molar-refractivity contribution in [1.82, 2.24) is 9.21 Å². The van der Waals surface area contributed by atoms with E-state index in [1.54, 1.807) is 10.4 Å². The Balaban J connectivity index is 2.19. The molecular weight excluding hydrogens is 284 g/mol. The lowest BCUT2D eigenvalue weighted by molar-refractivity contribution is 0.287. The van der Waals surface area contributed by atoms with Gasteiger partial charge in [0, 0.05) is 19.6 Å². The molecule has 0 N–H and O–H groups in total. The van der Waals surface area contributed by atoms with E-state index in [-0.39, 0.29) is 0 Å². The van der Waals surface area contributed by atoms with Crippen LogP contribution >= 0.6 is 0 Å². The third-order valence-electron chi connectivity index (χ3n) is 4.04. The van der Waals surface area contributed by atoms with Gasteiger partial charge in [0.05, 0.1) is 4.90 Å². The molecule has 21 heavy (non-hydrogen) atoms. The van der Waals surface area contributed by atoms with E-state index < -0.39 is 10.0 Å². The SMILES string of the molecule is CCCN1CCCN(S(=O)(=O)c2ccc(C)cc2C)CC1. The predicted octanol–water partition coefficient (Wildman–Crippen LogP) is 2.41. The summed E-state index contributed by atoms with van der Waals surface area (Å²) in [5.74, 6) is 0. The van der Waals surface area contributed by atoms with Crippen LogP contribution in [-0.2, 0) is 10.0 Å². The summed E-state index contributed by atoms with van der Waals surface area (Å²) in [6, 6.07) is 5.56. The van der Waals surface area contributed by atoms with Gasteiger partial charge in [-0.2, -0.15) is 4.31 Å². The number of benzene rings is 1. The molecule has 1 fully saturated rings. The lowest BCUT2D eigenvalue weighted by atomic mass is 10.2. The van der Waals surface area contributed by atoms with Crippen LogP contribution < -0.4 is 0 Å². The highest BCUT2D eigenvalue weighted by molar-refractivity contribution is 7.89. The van der Waals surface area contributed by atoms with E-state index in [1.165, 1.54) is 0 Å². The molecule has 1 aromatic rings. The van der Waals surface area contributed by atoms with Crippen LogP contribution in [0.2, 0.25) is 0 Å². The first kappa shape index (κ1) is 16.5. The first-order valence-electron chi connectivity index (χ1n) is 7.75. The van der Waals surface area contributed by atoms with Crippen LogP contribution in [-0.4, -0.2) is 50.3 Å². The van der Waals surface area contributed by atoms with Crippen LogP contribution in [0, 0.1) is 13.8 Å². The number of aryl methyl sites for hydroxylation is 2. The molecule has 0 aliphatic carbocycles. The normalized spacial score (nSPS) is 18.6. The lowest BCUT2D eigenvalue weighted by Gasteiger charge is -2.22. The Hall–Kier alpha value is -0.910. The van der Waals surface area contributed by atoms with Crippen molar-refractivity contribution in [1.29, 1.82) is 0 Å². The monoisotopic (exact) mass is 310 g/mol. The Labute approximate surface area is 128 Å². The number of hydrogen-bond acceptors (Lipinski definition) is 3. The largest absolute Gasteiger partial charge is 0.302 e. The molecule has 0 spiro atoms. The quantitative estimate of drug-likeness (QED) is 0.857. The van der Waals surface area contributed by atoms with Gasteiger partial charge in [-0.3, -0.25) is 0 Å². The molecule has 2 rings (SSSR count). The molecule has 0 amide bonds. The summed E-state index contributed by atoms with van der Waals surface area (Å²) in [5.41, 5.74) is 1.93. The van der Waals surface area contributed by atoms with Crippen molar-refractivity contribution in [2.75, 3.05) is 32.7 Å². The summed E-state index contributed by atoms with van der Waals surface area (Å²) < 4.78 is 27.3. The Morgan fingerprint density at radius 2 is 1.86 bits per heavy atom. The average Bonchev–Trinajstić information content (AvgIpc) is 2.65. The lowest BCUT2D eigenvalue weighted by Crippen LogP contribution is -2.35. The van der Waals surface area contributed by atoms with Crippen LogP contribution in [0.3, 0.4) is 0 Å². The molecule has 0 aromatic heterocycles. The summed E-state index contributed by atoms with van der Waals surface area (Å²) in [6.45, 7) is 10.1. The number of hydrogen-bond donors (Lipinski definition) is 0. The zero-order valence-electron chi connectivity index (χ0n) is 13.3. The maximum Gasteiger partial charge on any atom is 0.243 e. The van der Waals surface area contributed by atoms with Gasteiger partial charge in [-0.25, -0.2) is 8.42 Å². The molecule has 4 nitrogen and oxygen atoms in total. The zero-order chi connectivity index (χ0) is 15.5. The minimum absolute atomic E-state index is 0.456. The molecule has 0 bridgehead atoms. The molecule has 118 valence electrons. The van der Waals surface area contributed by atoms with Crippen molar-refractivity contribution in [2.45, 2.75) is 38.5 Å². The van der Waals surface area contributed by atoms with E-state index in [1.807, 2.05) is 26.0 Å². The highest BCUT2D eigenvalue weighted by Gasteiger charge is 2.27. The van der Waals surface area contributed by atoms with Gasteiger partial charge < -0.3 is 4.90 Å². The van der Waals surface area contributed by atoms with E-state index >= 15 is 0 Å². The molecule has 0 unspecified atom stereocenters. The van der Waals surface area contributed by atoms with Gasteiger partial charge in [0.25, 0.3) is 0 Å². The molecule has 1 aliphatic rings. The van der Waals surface area contributed by atoms with Gasteiger partial charge in [-0.05, 0) is 51.4 Å². The van der Waals surface area contributed by atoms with Crippen LogP contribution in [0.4, 0.5) is 0 Å². The molecule has 1 aromatic carbocycles. The first-order chi connectivity index (χ1) is 9.95. The summed E-state index contributed by atoms with van der Waals surface area (Å²) in [6.07, 6.45) is 2.02. The minimum Gasteiger partial charge on any atom is -0.302 e. The molecule has 0 radical (unpaired) electrons. The summed E-state index contributed by atoms with van der Waals surface area (Å²) in [4.78, 5) is 2.81. The van der Waals surface area contributed by atoms with Crippen LogP contribution in [0.5, 0.6) is 0 Å². The van der Waals surface area contributed by atoms with Crippen LogP contribution in [0.1, 0.15) is 30.9 Å². The van der Waals surface area contributed by atoms with Gasteiger partial charge in [0.15, 0.2) is 0 Å². The van der Waals surface area contributed by atoms with E-state index in [2.05, 4.69) is 11.8 Å². The first-order valence-corrected chi connectivity index (χ1v) is 9.19. The molecule has 5 heteroatoms. The van der Waals surface area contributed by atoms with Crippen molar-refractivity contribution >= 4 is 10.0 Å². The fourth-order valence-corrected chi connectivity index (χ4v) is 4.63. The Kier molecular flexibility index (Phi) is 5.41. The standard InChI is InChI=1S/C16H26N2O2S/c1-4-8-17-9-5-10-18(12-11-17)21(19,20)16-7-6-14(2)13-15(16)3/h6-7,13H,4-5,8-12H2,1-3H3. The van der Waals surface area contributed by atoms with Crippen molar-refractivity contribution in [3.05, 3.63) is 29.3 Å². The molecular formula is C16H26N2O2S. The van der Waals surface area contributed by atoms with Gasteiger partial charge in [-0.1, -0.05) is 24.6 Å². The third-order valence-corrected chi connectivity index (χ3v) is 6.09. The summed E-state index contributed by atoms with van der Waals surface area (Å²) in [7, 11) is -3.36. The van der Waals surface area contributed by atoms with Gasteiger partial charge in [0.1, 0.15) is 0 Å². The van der Waals surface area contributed by atoms with E-state index in [4.69, 9.17) is 0 Å². The highest BCUT2D eigenvalue weighted by Crippen LogP contribution is 2.22. The minimum atomic E-state index is -3.36. The third kappa shape index (κ3) is 3.84. The van der Waals surface area contributed by atoms with E-state index in [0.29, 0.717) is 18.0 Å². The highest BCUT2D eigenvalue weighted by atomic mass is 32.2. The average molecular weight is 310 g/mol. The fraction of sp³-hybridized carbons (Fsp3) is 0.625. The molecule has 1 heterocycles. The maximum atomic E-state index is 12.8. The van der Waals surface area contributed by atoms with E-state index in [9.17, 15) is 8.42 Å². The van der Waals surface area contributed by atoms with Crippen molar-refractivity contribution in [3.8, 4) is 0 Å². The zero-order valence-corrected chi connectivity index (χ0v) is 14.1. The van der Waals surface area contributed by atoms with Crippen molar-refractivity contribution in [3.63, 3.8) is 0 Å². The predicted molar refractivity (Wildman–Crippen MR) is 86.0 cm³/mol. The Morgan fingerprint density at radius 3 is 2.52 bits per heavy atom. The number of sulfonamides is 1.